The van der Waals surface area contributed by atoms with Crippen LogP contribution in [-0.2, 0) is 0 Å². The molecule has 1 aliphatic rings. The standard InChI is InChI=1S/C12H8Cl/c13-12-7-5-11(6-8-12)9-10-3-1-2-4-10/h1-3,5-9H. The molecule has 0 fully saturated rings. The van der Waals surface area contributed by atoms with Crippen LogP contribution < -0.4 is 0 Å². The molecule has 0 saturated carbocycles. The fraction of sp³-hybridized carbons (Fsp3) is 0. The molecule has 1 radical (unpaired) electrons. The van der Waals surface area contributed by atoms with E-state index in [-0.39, 0.29) is 0 Å². The highest BCUT2D eigenvalue weighted by Gasteiger charge is 1.93. The molecule has 0 aliphatic heterocycles. The van der Waals surface area contributed by atoms with Crippen LogP contribution in [0.4, 0.5) is 0 Å². The first kappa shape index (κ1) is 8.33. The summed E-state index contributed by atoms with van der Waals surface area (Å²) in [6, 6.07) is 7.75. The largest absolute Gasteiger partial charge is 0.0843 e. The van der Waals surface area contributed by atoms with Crippen LogP contribution in [0.1, 0.15) is 5.56 Å². The molecule has 0 N–H and O–H groups in total. The summed E-state index contributed by atoms with van der Waals surface area (Å²) in [6.07, 6.45) is 11.1. The van der Waals surface area contributed by atoms with Gasteiger partial charge in [0.1, 0.15) is 0 Å². The minimum Gasteiger partial charge on any atom is -0.0843 e. The Kier molecular flexibility index (Phi) is 2.33. The fourth-order valence-electron chi connectivity index (χ4n) is 1.17. The zero-order valence-electron chi connectivity index (χ0n) is 7.00. The predicted molar refractivity (Wildman–Crippen MR) is 56.4 cm³/mol. The average molecular weight is 188 g/mol. The number of hydrogen-bond acceptors (Lipinski definition) is 0. The number of rotatable bonds is 1. The highest BCUT2D eigenvalue weighted by atomic mass is 35.5. The molecule has 0 bridgehead atoms. The number of hydrogen-bond donors (Lipinski definition) is 0. The molecular formula is C12H8Cl. The van der Waals surface area contributed by atoms with E-state index in [2.05, 4.69) is 12.2 Å². The van der Waals surface area contributed by atoms with Crippen LogP contribution >= 0.6 is 11.6 Å². The van der Waals surface area contributed by atoms with Crippen molar-refractivity contribution in [3.8, 4) is 0 Å². The molecule has 0 amide bonds. The molecule has 13 heavy (non-hydrogen) atoms. The van der Waals surface area contributed by atoms with Crippen LogP contribution in [-0.4, -0.2) is 0 Å². The Labute approximate surface area is 82.8 Å². The van der Waals surface area contributed by atoms with Gasteiger partial charge in [0.15, 0.2) is 0 Å². The topological polar surface area (TPSA) is 0 Å². The van der Waals surface area contributed by atoms with Crippen molar-refractivity contribution in [2.24, 2.45) is 0 Å². The molecule has 0 spiro atoms. The molecule has 1 aromatic rings. The highest BCUT2D eigenvalue weighted by molar-refractivity contribution is 6.30. The molecule has 1 heteroatoms. The van der Waals surface area contributed by atoms with E-state index >= 15 is 0 Å². The Morgan fingerprint density at radius 2 is 1.92 bits per heavy atom. The maximum absolute atomic E-state index is 5.77. The third-order valence-electron chi connectivity index (χ3n) is 1.81. The maximum Gasteiger partial charge on any atom is 0.0406 e. The molecule has 0 aromatic heterocycles. The van der Waals surface area contributed by atoms with Crippen molar-refractivity contribution >= 4 is 17.7 Å². The second kappa shape index (κ2) is 3.63. The lowest BCUT2D eigenvalue weighted by molar-refractivity contribution is 1.63. The van der Waals surface area contributed by atoms with Gasteiger partial charge in [-0.1, -0.05) is 42.0 Å². The lowest BCUT2D eigenvalue weighted by atomic mass is 10.1. The maximum atomic E-state index is 5.77. The monoisotopic (exact) mass is 187 g/mol. The van der Waals surface area contributed by atoms with Gasteiger partial charge in [-0.2, -0.15) is 0 Å². The van der Waals surface area contributed by atoms with Gasteiger partial charge in [-0.3, -0.25) is 0 Å². The van der Waals surface area contributed by atoms with Crippen LogP contribution in [0.3, 0.4) is 0 Å². The SMILES string of the molecule is Clc1ccc(C=C2[C]=CC=C2)cc1. The Balaban J connectivity index is 2.27. The molecular weight excluding hydrogens is 180 g/mol. The van der Waals surface area contributed by atoms with Crippen LogP contribution in [0.25, 0.3) is 6.08 Å². The van der Waals surface area contributed by atoms with Gasteiger partial charge in [-0.05, 0) is 35.4 Å². The molecule has 63 valence electrons. The lowest BCUT2D eigenvalue weighted by Gasteiger charge is -1.94. The van der Waals surface area contributed by atoms with E-state index in [1.54, 1.807) is 0 Å². The number of benzene rings is 1. The summed E-state index contributed by atoms with van der Waals surface area (Å²) in [5, 5.41) is 0.767. The Morgan fingerprint density at radius 3 is 2.54 bits per heavy atom. The molecule has 0 atom stereocenters. The Hall–Kier alpha value is -1.27. The number of halogens is 1. The predicted octanol–water partition coefficient (Wildman–Crippen LogP) is 3.65. The molecule has 1 aliphatic carbocycles. The van der Waals surface area contributed by atoms with E-state index in [4.69, 9.17) is 11.6 Å². The molecule has 2 rings (SSSR count). The van der Waals surface area contributed by atoms with Crippen molar-refractivity contribution in [1.82, 2.24) is 0 Å². The van der Waals surface area contributed by atoms with Crippen LogP contribution in [0.15, 0.2) is 48.1 Å². The van der Waals surface area contributed by atoms with Gasteiger partial charge < -0.3 is 0 Å². The van der Waals surface area contributed by atoms with Gasteiger partial charge in [-0.25, -0.2) is 0 Å². The van der Waals surface area contributed by atoms with Crippen LogP contribution in [0.5, 0.6) is 0 Å². The third-order valence-corrected chi connectivity index (χ3v) is 2.07. The minimum absolute atomic E-state index is 0.767. The first-order valence-corrected chi connectivity index (χ1v) is 4.46. The van der Waals surface area contributed by atoms with Gasteiger partial charge in [0.25, 0.3) is 0 Å². The summed E-state index contributed by atoms with van der Waals surface area (Å²) in [6.45, 7) is 0. The van der Waals surface area contributed by atoms with E-state index in [1.165, 1.54) is 0 Å². The molecule has 0 unspecified atom stereocenters. The van der Waals surface area contributed by atoms with Gasteiger partial charge in [0, 0.05) is 5.02 Å². The molecule has 0 saturated heterocycles. The zero-order chi connectivity index (χ0) is 9.10. The average Bonchev–Trinajstić information content (AvgIpc) is 2.62. The summed E-state index contributed by atoms with van der Waals surface area (Å²) >= 11 is 5.77. The summed E-state index contributed by atoms with van der Waals surface area (Å²) in [5.41, 5.74) is 2.24. The second-order valence-corrected chi connectivity index (χ2v) is 3.26. The first-order chi connectivity index (χ1) is 6.34. The highest BCUT2D eigenvalue weighted by Crippen LogP contribution is 2.15. The van der Waals surface area contributed by atoms with E-state index in [9.17, 15) is 0 Å². The summed E-state index contributed by atoms with van der Waals surface area (Å²) < 4.78 is 0. The van der Waals surface area contributed by atoms with Gasteiger partial charge in [0.05, 0.1) is 0 Å². The van der Waals surface area contributed by atoms with Gasteiger partial charge in [0.2, 0.25) is 0 Å². The Bertz CT molecular complexity index is 366. The van der Waals surface area contributed by atoms with Crippen molar-refractivity contribution < 1.29 is 0 Å². The lowest BCUT2D eigenvalue weighted by Crippen LogP contribution is -1.73. The summed E-state index contributed by atoms with van der Waals surface area (Å²) in [4.78, 5) is 0. The van der Waals surface area contributed by atoms with Crippen LogP contribution in [0, 0.1) is 6.08 Å². The van der Waals surface area contributed by atoms with E-state index in [1.807, 2.05) is 42.5 Å². The van der Waals surface area contributed by atoms with E-state index < -0.39 is 0 Å². The van der Waals surface area contributed by atoms with E-state index in [0.717, 1.165) is 16.2 Å². The van der Waals surface area contributed by atoms with Crippen LogP contribution in [0.2, 0.25) is 5.02 Å². The summed E-state index contributed by atoms with van der Waals surface area (Å²) in [7, 11) is 0. The molecule has 0 heterocycles. The normalized spacial score (nSPS) is 17.2. The molecule has 0 nitrogen and oxygen atoms in total. The van der Waals surface area contributed by atoms with Gasteiger partial charge >= 0.3 is 0 Å². The second-order valence-electron chi connectivity index (χ2n) is 2.82. The van der Waals surface area contributed by atoms with Crippen molar-refractivity contribution in [2.45, 2.75) is 0 Å². The summed E-state index contributed by atoms with van der Waals surface area (Å²) in [5.74, 6) is 0. The smallest absolute Gasteiger partial charge is 0.0406 e. The fourth-order valence-corrected chi connectivity index (χ4v) is 1.30. The van der Waals surface area contributed by atoms with Crippen molar-refractivity contribution in [3.63, 3.8) is 0 Å². The Morgan fingerprint density at radius 1 is 1.15 bits per heavy atom. The third kappa shape index (κ3) is 2.10. The van der Waals surface area contributed by atoms with Crippen molar-refractivity contribution in [2.75, 3.05) is 0 Å². The minimum atomic E-state index is 0.767. The van der Waals surface area contributed by atoms with Crippen molar-refractivity contribution in [1.29, 1.82) is 0 Å². The van der Waals surface area contributed by atoms with Crippen molar-refractivity contribution in [3.05, 3.63) is 64.7 Å². The first-order valence-electron chi connectivity index (χ1n) is 4.08. The number of allylic oxidation sites excluding steroid dienone is 5. The van der Waals surface area contributed by atoms with Gasteiger partial charge in [-0.15, -0.1) is 0 Å². The quantitative estimate of drug-likeness (QED) is 0.630. The zero-order valence-corrected chi connectivity index (χ0v) is 7.75. The van der Waals surface area contributed by atoms with E-state index in [0.29, 0.717) is 0 Å². The molecule has 1 aromatic carbocycles.